The van der Waals surface area contributed by atoms with Crippen LogP contribution in [0.5, 0.6) is 5.75 Å². The van der Waals surface area contributed by atoms with Gasteiger partial charge in [-0.2, -0.15) is 0 Å². The molecule has 28 heavy (non-hydrogen) atoms. The molecule has 0 spiro atoms. The van der Waals surface area contributed by atoms with Crippen molar-refractivity contribution in [3.8, 4) is 5.75 Å². The number of methoxy groups -OCH3 is 1. The molecule has 1 saturated heterocycles. The van der Waals surface area contributed by atoms with Crippen LogP contribution < -0.4 is 15.0 Å². The lowest BCUT2D eigenvalue weighted by Gasteiger charge is -2.33. The van der Waals surface area contributed by atoms with Gasteiger partial charge in [-0.25, -0.2) is 4.79 Å². The van der Waals surface area contributed by atoms with E-state index in [0.717, 1.165) is 63.3 Å². The molecule has 4 rings (SSSR count). The number of rotatable bonds is 5. The van der Waals surface area contributed by atoms with Crippen molar-refractivity contribution >= 4 is 11.7 Å². The van der Waals surface area contributed by atoms with E-state index in [1.54, 1.807) is 7.11 Å². The third-order valence-electron chi connectivity index (χ3n) is 5.90. The molecule has 0 atom stereocenters. The normalized spacial score (nSPS) is 17.4. The maximum atomic E-state index is 12.8. The number of anilines is 1. The van der Waals surface area contributed by atoms with Crippen molar-refractivity contribution in [1.29, 1.82) is 0 Å². The molecule has 5 nitrogen and oxygen atoms in total. The first-order valence-electron chi connectivity index (χ1n) is 10.2. The van der Waals surface area contributed by atoms with Gasteiger partial charge in [-0.05, 0) is 55.0 Å². The fourth-order valence-electron chi connectivity index (χ4n) is 4.20. The number of piperidine rings is 1. The lowest BCUT2D eigenvalue weighted by atomic mass is 10.0. The zero-order chi connectivity index (χ0) is 19.3. The highest BCUT2D eigenvalue weighted by Gasteiger charge is 2.28. The monoisotopic (exact) mass is 379 g/mol. The van der Waals surface area contributed by atoms with Gasteiger partial charge in [0, 0.05) is 37.9 Å². The molecule has 2 aromatic rings. The number of fused-ring (bicyclic) bond motifs is 1. The molecule has 1 N–H and O–H groups in total. The number of carbonyl (C=O) groups excluding carboxylic acids is 1. The number of nitrogens with one attached hydrogen (secondary N) is 1. The van der Waals surface area contributed by atoms with Crippen LogP contribution in [0.4, 0.5) is 10.5 Å². The van der Waals surface area contributed by atoms with Crippen LogP contribution in [-0.2, 0) is 12.8 Å². The van der Waals surface area contributed by atoms with Crippen LogP contribution in [0.3, 0.4) is 0 Å². The first-order chi connectivity index (χ1) is 13.7. The minimum absolute atomic E-state index is 0.0339. The predicted molar refractivity (Wildman–Crippen MR) is 112 cm³/mol. The van der Waals surface area contributed by atoms with E-state index in [2.05, 4.69) is 40.5 Å². The van der Waals surface area contributed by atoms with E-state index in [4.69, 9.17) is 4.74 Å². The molecule has 2 aromatic carbocycles. The topological polar surface area (TPSA) is 44.8 Å². The van der Waals surface area contributed by atoms with Crippen molar-refractivity contribution in [2.75, 3.05) is 38.2 Å². The third kappa shape index (κ3) is 4.30. The summed E-state index contributed by atoms with van der Waals surface area (Å²) in [6, 6.07) is 16.9. The summed E-state index contributed by atoms with van der Waals surface area (Å²) < 4.78 is 5.29. The van der Waals surface area contributed by atoms with Crippen molar-refractivity contribution in [3.63, 3.8) is 0 Å². The van der Waals surface area contributed by atoms with E-state index in [1.807, 2.05) is 23.1 Å². The van der Waals surface area contributed by atoms with E-state index in [-0.39, 0.29) is 12.1 Å². The second-order valence-corrected chi connectivity index (χ2v) is 7.70. The molecular weight excluding hydrogens is 350 g/mol. The zero-order valence-corrected chi connectivity index (χ0v) is 16.6. The second kappa shape index (κ2) is 8.65. The summed E-state index contributed by atoms with van der Waals surface area (Å²) in [6.07, 6.45) is 4.01. The molecule has 5 heteroatoms. The predicted octanol–water partition coefficient (Wildman–Crippen LogP) is 3.47. The number of ether oxygens (including phenoxy) is 1. The van der Waals surface area contributed by atoms with Crippen molar-refractivity contribution in [2.24, 2.45) is 0 Å². The van der Waals surface area contributed by atoms with Gasteiger partial charge in [0.1, 0.15) is 5.75 Å². The fourth-order valence-corrected chi connectivity index (χ4v) is 4.20. The smallest absolute Gasteiger partial charge is 0.322 e. The summed E-state index contributed by atoms with van der Waals surface area (Å²) in [7, 11) is 1.67. The van der Waals surface area contributed by atoms with Crippen LogP contribution in [0.1, 0.15) is 24.0 Å². The molecular formula is C23H29N3O2. The lowest BCUT2D eigenvalue weighted by Crippen LogP contribution is -2.49. The van der Waals surface area contributed by atoms with Gasteiger partial charge in [0.2, 0.25) is 0 Å². The van der Waals surface area contributed by atoms with Crippen molar-refractivity contribution in [1.82, 2.24) is 10.2 Å². The Morgan fingerprint density at radius 3 is 2.64 bits per heavy atom. The summed E-state index contributed by atoms with van der Waals surface area (Å²) in [5.41, 5.74) is 3.59. The molecule has 0 radical (unpaired) electrons. The number of nitrogens with zero attached hydrogens (tertiary/aromatic N) is 2. The largest absolute Gasteiger partial charge is 0.497 e. The van der Waals surface area contributed by atoms with Gasteiger partial charge in [-0.15, -0.1) is 0 Å². The Morgan fingerprint density at radius 2 is 1.89 bits per heavy atom. The van der Waals surface area contributed by atoms with E-state index in [9.17, 15) is 4.79 Å². The van der Waals surface area contributed by atoms with Gasteiger partial charge in [0.05, 0.1) is 7.11 Å². The Kier molecular flexibility index (Phi) is 5.81. The number of hydrogen-bond acceptors (Lipinski definition) is 3. The Morgan fingerprint density at radius 1 is 1.11 bits per heavy atom. The molecule has 0 unspecified atom stereocenters. The molecule has 0 aromatic heterocycles. The van der Waals surface area contributed by atoms with E-state index >= 15 is 0 Å². The second-order valence-electron chi connectivity index (χ2n) is 7.70. The summed E-state index contributed by atoms with van der Waals surface area (Å²) in [5, 5.41) is 3.25. The van der Waals surface area contributed by atoms with Crippen molar-refractivity contribution in [3.05, 3.63) is 59.7 Å². The Bertz CT molecular complexity index is 801. The van der Waals surface area contributed by atoms with Crippen LogP contribution in [-0.4, -0.2) is 50.3 Å². The van der Waals surface area contributed by atoms with Gasteiger partial charge in [0.25, 0.3) is 0 Å². The highest BCUT2D eigenvalue weighted by molar-refractivity contribution is 5.94. The van der Waals surface area contributed by atoms with E-state index in [0.29, 0.717) is 0 Å². The quantitative estimate of drug-likeness (QED) is 0.865. The summed E-state index contributed by atoms with van der Waals surface area (Å²) in [4.78, 5) is 17.2. The molecule has 0 saturated carbocycles. The SMILES string of the molecule is COc1ccc2c(c1)CCN2C(=O)NC1CCN(CCc2ccccc2)CC1. The van der Waals surface area contributed by atoms with Gasteiger partial charge < -0.3 is 15.0 Å². The van der Waals surface area contributed by atoms with E-state index in [1.165, 1.54) is 11.1 Å². The summed E-state index contributed by atoms with van der Waals surface area (Å²) in [5.74, 6) is 0.851. The molecule has 2 heterocycles. The maximum Gasteiger partial charge on any atom is 0.322 e. The molecule has 1 fully saturated rings. The number of amides is 2. The van der Waals surface area contributed by atoms with Crippen molar-refractivity contribution < 1.29 is 9.53 Å². The maximum absolute atomic E-state index is 12.8. The first kappa shape index (κ1) is 18.8. The van der Waals surface area contributed by atoms with Crippen LogP contribution in [0.2, 0.25) is 0 Å². The van der Waals surface area contributed by atoms with Gasteiger partial charge in [-0.1, -0.05) is 30.3 Å². The average Bonchev–Trinajstić information content (AvgIpc) is 3.17. The highest BCUT2D eigenvalue weighted by Crippen LogP contribution is 2.31. The van der Waals surface area contributed by atoms with Crippen molar-refractivity contribution in [2.45, 2.75) is 31.7 Å². The number of urea groups is 1. The third-order valence-corrected chi connectivity index (χ3v) is 5.90. The number of benzene rings is 2. The summed E-state index contributed by atoms with van der Waals surface area (Å²) in [6.45, 7) is 3.92. The van der Waals surface area contributed by atoms with Crippen LogP contribution in [0, 0.1) is 0 Å². The minimum Gasteiger partial charge on any atom is -0.497 e. The lowest BCUT2D eigenvalue weighted by molar-refractivity contribution is 0.196. The molecule has 2 aliphatic rings. The molecule has 148 valence electrons. The minimum atomic E-state index is 0.0339. The summed E-state index contributed by atoms with van der Waals surface area (Å²) >= 11 is 0. The highest BCUT2D eigenvalue weighted by atomic mass is 16.5. The van der Waals surface area contributed by atoms with Gasteiger partial charge in [0.15, 0.2) is 0 Å². The molecule has 2 aliphatic heterocycles. The van der Waals surface area contributed by atoms with Gasteiger partial charge in [-0.3, -0.25) is 4.90 Å². The number of hydrogen-bond donors (Lipinski definition) is 1. The Hall–Kier alpha value is -2.53. The van der Waals surface area contributed by atoms with E-state index < -0.39 is 0 Å². The number of likely N-dealkylation sites (tertiary alicyclic amines) is 1. The zero-order valence-electron chi connectivity index (χ0n) is 16.6. The molecule has 2 amide bonds. The number of carbonyl (C=O) groups is 1. The molecule has 0 bridgehead atoms. The fraction of sp³-hybridized carbons (Fsp3) is 0.435. The Labute approximate surface area is 167 Å². The Balaban J connectivity index is 1.25. The standard InChI is InChI=1S/C23H29N3O2/c1-28-21-7-8-22-19(17-21)10-16-26(22)23(27)24-20-11-14-25(15-12-20)13-9-18-5-3-2-4-6-18/h2-8,17,20H,9-16H2,1H3,(H,24,27). The average molecular weight is 380 g/mol. The van der Waals surface area contributed by atoms with Crippen LogP contribution in [0.25, 0.3) is 0 Å². The van der Waals surface area contributed by atoms with Crippen LogP contribution >= 0.6 is 0 Å². The first-order valence-corrected chi connectivity index (χ1v) is 10.2. The molecule has 0 aliphatic carbocycles. The van der Waals surface area contributed by atoms with Crippen LogP contribution in [0.15, 0.2) is 48.5 Å². The van der Waals surface area contributed by atoms with Gasteiger partial charge >= 0.3 is 6.03 Å².